The van der Waals surface area contributed by atoms with Crippen molar-refractivity contribution >= 4 is 0 Å². The number of hydrogen-bond donors (Lipinski definition) is 0. The standard InChI is InChI=1S/C19H20N2O3/c1-22-17-8-6-16(7-9-17)14-23-12-13-24-19-5-3-2-4-18(19)21-11-10-20-15-21/h2-11,15H,12-14H2,1H3. The number of para-hydroxylation sites is 2. The Morgan fingerprint density at radius 1 is 1.00 bits per heavy atom. The minimum atomic E-state index is 0.488. The Labute approximate surface area is 141 Å². The van der Waals surface area contributed by atoms with Crippen LogP contribution >= 0.6 is 0 Å². The van der Waals surface area contributed by atoms with Crippen LogP contribution in [-0.2, 0) is 11.3 Å². The molecular formula is C19H20N2O3. The molecule has 0 spiro atoms. The van der Waals surface area contributed by atoms with Gasteiger partial charge in [0.15, 0.2) is 0 Å². The predicted molar refractivity (Wildman–Crippen MR) is 91.7 cm³/mol. The van der Waals surface area contributed by atoms with Gasteiger partial charge in [-0.25, -0.2) is 4.98 Å². The van der Waals surface area contributed by atoms with Gasteiger partial charge in [-0.15, -0.1) is 0 Å². The van der Waals surface area contributed by atoms with E-state index in [1.54, 1.807) is 19.6 Å². The number of rotatable bonds is 8. The fraction of sp³-hybridized carbons (Fsp3) is 0.211. The number of aromatic nitrogens is 2. The Kier molecular flexibility index (Phi) is 5.48. The lowest BCUT2D eigenvalue weighted by atomic mass is 10.2. The van der Waals surface area contributed by atoms with Gasteiger partial charge in [-0.3, -0.25) is 0 Å². The first-order valence-electron chi connectivity index (χ1n) is 7.77. The summed E-state index contributed by atoms with van der Waals surface area (Å²) in [7, 11) is 1.66. The van der Waals surface area contributed by atoms with Crippen molar-refractivity contribution in [3.8, 4) is 17.2 Å². The molecule has 124 valence electrons. The van der Waals surface area contributed by atoms with Crippen molar-refractivity contribution in [2.45, 2.75) is 6.61 Å². The van der Waals surface area contributed by atoms with E-state index in [1.807, 2.05) is 59.3 Å². The van der Waals surface area contributed by atoms with Crippen LogP contribution in [0.5, 0.6) is 11.5 Å². The van der Waals surface area contributed by atoms with Gasteiger partial charge in [0, 0.05) is 12.4 Å². The molecule has 0 fully saturated rings. The molecule has 0 aliphatic carbocycles. The summed E-state index contributed by atoms with van der Waals surface area (Å²) in [4.78, 5) is 4.07. The first-order chi connectivity index (χ1) is 11.9. The van der Waals surface area contributed by atoms with Gasteiger partial charge in [0.05, 0.1) is 32.3 Å². The highest BCUT2D eigenvalue weighted by Gasteiger charge is 2.04. The molecule has 5 nitrogen and oxygen atoms in total. The van der Waals surface area contributed by atoms with Gasteiger partial charge in [0.2, 0.25) is 0 Å². The van der Waals surface area contributed by atoms with Gasteiger partial charge in [0.1, 0.15) is 18.1 Å². The van der Waals surface area contributed by atoms with Crippen molar-refractivity contribution in [2.75, 3.05) is 20.3 Å². The van der Waals surface area contributed by atoms with Crippen molar-refractivity contribution in [1.82, 2.24) is 9.55 Å². The van der Waals surface area contributed by atoms with E-state index in [4.69, 9.17) is 14.2 Å². The van der Waals surface area contributed by atoms with E-state index in [-0.39, 0.29) is 0 Å². The van der Waals surface area contributed by atoms with Crippen LogP contribution in [-0.4, -0.2) is 29.9 Å². The van der Waals surface area contributed by atoms with Crippen LogP contribution in [0.1, 0.15) is 5.56 Å². The third-order valence-corrected chi connectivity index (χ3v) is 3.56. The van der Waals surface area contributed by atoms with Crippen LogP contribution in [0.15, 0.2) is 67.3 Å². The van der Waals surface area contributed by atoms with Gasteiger partial charge < -0.3 is 18.8 Å². The number of hydrogen-bond acceptors (Lipinski definition) is 4. The first-order valence-corrected chi connectivity index (χ1v) is 7.77. The molecule has 1 heterocycles. The zero-order chi connectivity index (χ0) is 16.6. The van der Waals surface area contributed by atoms with E-state index >= 15 is 0 Å². The summed E-state index contributed by atoms with van der Waals surface area (Å²) in [6, 6.07) is 15.7. The van der Waals surface area contributed by atoms with Crippen LogP contribution in [0, 0.1) is 0 Å². The molecule has 0 saturated heterocycles. The maximum absolute atomic E-state index is 5.84. The molecule has 3 rings (SSSR count). The fourth-order valence-corrected chi connectivity index (χ4v) is 2.32. The molecular weight excluding hydrogens is 304 g/mol. The first kappa shape index (κ1) is 16.1. The van der Waals surface area contributed by atoms with Crippen molar-refractivity contribution in [2.24, 2.45) is 0 Å². The summed E-state index contributed by atoms with van der Waals surface area (Å²) in [6.45, 7) is 1.56. The van der Waals surface area contributed by atoms with Gasteiger partial charge in [0.25, 0.3) is 0 Å². The van der Waals surface area contributed by atoms with Gasteiger partial charge >= 0.3 is 0 Å². The van der Waals surface area contributed by atoms with Crippen molar-refractivity contribution in [3.63, 3.8) is 0 Å². The van der Waals surface area contributed by atoms with Gasteiger partial charge in [-0.1, -0.05) is 24.3 Å². The average molecular weight is 324 g/mol. The number of benzene rings is 2. The van der Waals surface area contributed by atoms with Crippen LogP contribution in [0.2, 0.25) is 0 Å². The van der Waals surface area contributed by atoms with Gasteiger partial charge in [-0.05, 0) is 29.8 Å². The van der Waals surface area contributed by atoms with Crippen LogP contribution < -0.4 is 9.47 Å². The third-order valence-electron chi connectivity index (χ3n) is 3.56. The predicted octanol–water partition coefficient (Wildman–Crippen LogP) is 3.48. The lowest BCUT2D eigenvalue weighted by Crippen LogP contribution is -2.08. The molecule has 0 saturated carbocycles. The topological polar surface area (TPSA) is 45.5 Å². The van der Waals surface area contributed by atoms with Crippen molar-refractivity contribution in [3.05, 3.63) is 72.8 Å². The normalized spacial score (nSPS) is 10.5. The second-order valence-corrected chi connectivity index (χ2v) is 5.19. The molecule has 0 N–H and O–H groups in total. The second kappa shape index (κ2) is 8.17. The van der Waals surface area contributed by atoms with Crippen LogP contribution in [0.4, 0.5) is 0 Å². The summed E-state index contributed by atoms with van der Waals surface area (Å²) in [6.07, 6.45) is 5.39. The zero-order valence-electron chi connectivity index (χ0n) is 13.6. The largest absolute Gasteiger partial charge is 0.497 e. The quantitative estimate of drug-likeness (QED) is 0.595. The van der Waals surface area contributed by atoms with E-state index < -0.39 is 0 Å². The lowest BCUT2D eigenvalue weighted by molar-refractivity contribution is 0.0889. The Hall–Kier alpha value is -2.79. The fourth-order valence-electron chi connectivity index (χ4n) is 2.32. The molecule has 0 atom stereocenters. The maximum atomic E-state index is 5.84. The highest BCUT2D eigenvalue weighted by Crippen LogP contribution is 2.22. The zero-order valence-corrected chi connectivity index (χ0v) is 13.6. The number of nitrogens with zero attached hydrogens (tertiary/aromatic N) is 2. The van der Waals surface area contributed by atoms with E-state index in [0.717, 1.165) is 22.7 Å². The second-order valence-electron chi connectivity index (χ2n) is 5.19. The third kappa shape index (κ3) is 4.14. The summed E-state index contributed by atoms with van der Waals surface area (Å²) in [5, 5.41) is 0. The molecule has 3 aromatic rings. The highest BCUT2D eigenvalue weighted by atomic mass is 16.5. The average Bonchev–Trinajstić information content (AvgIpc) is 3.17. The Morgan fingerprint density at radius 3 is 2.58 bits per heavy atom. The van der Waals surface area contributed by atoms with E-state index in [1.165, 1.54) is 0 Å². The van der Waals surface area contributed by atoms with Crippen LogP contribution in [0.3, 0.4) is 0 Å². The molecule has 0 bridgehead atoms. The molecule has 0 aliphatic heterocycles. The molecule has 5 heteroatoms. The minimum absolute atomic E-state index is 0.488. The molecule has 0 radical (unpaired) electrons. The Morgan fingerprint density at radius 2 is 1.83 bits per heavy atom. The summed E-state index contributed by atoms with van der Waals surface area (Å²) < 4.78 is 18.6. The van der Waals surface area contributed by atoms with Crippen LogP contribution in [0.25, 0.3) is 5.69 Å². The van der Waals surface area contributed by atoms with Gasteiger partial charge in [-0.2, -0.15) is 0 Å². The van der Waals surface area contributed by atoms with Crippen molar-refractivity contribution in [1.29, 1.82) is 0 Å². The SMILES string of the molecule is COc1ccc(COCCOc2ccccc2-n2ccnc2)cc1. The summed E-state index contributed by atoms with van der Waals surface area (Å²) >= 11 is 0. The van der Waals surface area contributed by atoms with E-state index in [2.05, 4.69) is 4.98 Å². The molecule has 24 heavy (non-hydrogen) atoms. The highest BCUT2D eigenvalue weighted by molar-refractivity contribution is 5.46. The van der Waals surface area contributed by atoms with E-state index in [0.29, 0.717) is 19.8 Å². The summed E-state index contributed by atoms with van der Waals surface area (Å²) in [5.41, 5.74) is 2.07. The Bertz CT molecular complexity index is 740. The molecule has 0 unspecified atom stereocenters. The number of imidazole rings is 1. The summed E-state index contributed by atoms with van der Waals surface area (Å²) in [5.74, 6) is 1.65. The smallest absolute Gasteiger partial charge is 0.143 e. The molecule has 0 aliphatic rings. The molecule has 0 amide bonds. The molecule has 1 aromatic heterocycles. The Balaban J connectivity index is 1.47. The molecule has 2 aromatic carbocycles. The number of methoxy groups -OCH3 is 1. The lowest BCUT2D eigenvalue weighted by Gasteiger charge is -2.12. The monoisotopic (exact) mass is 324 g/mol. The van der Waals surface area contributed by atoms with Crippen molar-refractivity contribution < 1.29 is 14.2 Å². The van der Waals surface area contributed by atoms with E-state index in [9.17, 15) is 0 Å². The minimum Gasteiger partial charge on any atom is -0.497 e. The maximum Gasteiger partial charge on any atom is 0.143 e. The number of ether oxygens (including phenoxy) is 3.